The maximum absolute atomic E-state index is 11.6. The highest BCUT2D eigenvalue weighted by Gasteiger charge is 2.18. The van der Waals surface area contributed by atoms with Crippen LogP contribution in [0.2, 0.25) is 0 Å². The van der Waals surface area contributed by atoms with E-state index in [1.165, 1.54) is 0 Å². The van der Waals surface area contributed by atoms with Crippen molar-refractivity contribution in [3.63, 3.8) is 0 Å². The Morgan fingerprint density at radius 1 is 1.11 bits per heavy atom. The normalized spacial score (nSPS) is 13.3. The van der Waals surface area contributed by atoms with Crippen LogP contribution in [0.25, 0.3) is 0 Å². The number of rotatable bonds is 10. The Labute approximate surface area is 118 Å². The maximum atomic E-state index is 11.6. The summed E-state index contributed by atoms with van der Waals surface area (Å²) in [5, 5.41) is 0. The van der Waals surface area contributed by atoms with E-state index in [-0.39, 0.29) is 5.97 Å². The molecule has 19 heavy (non-hydrogen) atoms. The lowest BCUT2D eigenvalue weighted by molar-refractivity contribution is -0.145. The number of nitrogens with two attached hydrogens (primary N) is 1. The van der Waals surface area contributed by atoms with Crippen LogP contribution < -0.4 is 5.73 Å². The molecule has 0 bridgehead atoms. The molecular weight excluding hydrogens is 240 g/mol. The Morgan fingerprint density at radius 2 is 1.58 bits per heavy atom. The molecule has 0 aromatic rings. The van der Waals surface area contributed by atoms with E-state index in [0.29, 0.717) is 25.0 Å². The maximum Gasteiger partial charge on any atom is 0.324 e. The van der Waals surface area contributed by atoms with E-state index >= 15 is 0 Å². The largest absolute Gasteiger partial charge is 0.465 e. The summed E-state index contributed by atoms with van der Waals surface area (Å²) in [5.41, 5.74) is 5.90. The summed E-state index contributed by atoms with van der Waals surface area (Å²) in [6.45, 7) is 13.6. The Bertz CT molecular complexity index is 230. The second-order valence-electron chi connectivity index (χ2n) is 6.02. The molecule has 1 atom stereocenters. The molecule has 0 aliphatic heterocycles. The first-order chi connectivity index (χ1) is 8.86. The lowest BCUT2D eigenvalue weighted by Crippen LogP contribution is -2.44. The predicted octanol–water partition coefficient (Wildman–Crippen LogP) is 2.27. The first kappa shape index (κ1) is 18.4. The average Bonchev–Trinajstić information content (AvgIpc) is 2.32. The third-order valence-corrected chi connectivity index (χ3v) is 3.09. The van der Waals surface area contributed by atoms with Gasteiger partial charge >= 0.3 is 5.97 Å². The lowest BCUT2D eigenvalue weighted by Gasteiger charge is -2.26. The number of hydrogen-bond acceptors (Lipinski definition) is 4. The summed E-state index contributed by atoms with van der Waals surface area (Å²) in [6, 6.07) is -0.528. The van der Waals surface area contributed by atoms with Crippen LogP contribution in [0.5, 0.6) is 0 Å². The first-order valence-corrected chi connectivity index (χ1v) is 7.51. The monoisotopic (exact) mass is 272 g/mol. The number of esters is 1. The van der Waals surface area contributed by atoms with E-state index in [9.17, 15) is 4.79 Å². The Balaban J connectivity index is 4.25. The molecule has 0 saturated heterocycles. The van der Waals surface area contributed by atoms with E-state index in [1.54, 1.807) is 6.92 Å². The van der Waals surface area contributed by atoms with Gasteiger partial charge in [-0.05, 0) is 44.7 Å². The van der Waals surface area contributed by atoms with Gasteiger partial charge in [0.2, 0.25) is 0 Å². The molecule has 0 aliphatic rings. The van der Waals surface area contributed by atoms with Crippen molar-refractivity contribution in [2.24, 2.45) is 17.6 Å². The van der Waals surface area contributed by atoms with Crippen molar-refractivity contribution in [1.29, 1.82) is 0 Å². The van der Waals surface area contributed by atoms with Gasteiger partial charge in [0.15, 0.2) is 0 Å². The zero-order valence-corrected chi connectivity index (χ0v) is 13.3. The molecule has 2 N–H and O–H groups in total. The van der Waals surface area contributed by atoms with Gasteiger partial charge in [0, 0.05) is 6.54 Å². The summed E-state index contributed by atoms with van der Waals surface area (Å²) < 4.78 is 4.97. The molecule has 0 saturated carbocycles. The van der Waals surface area contributed by atoms with Crippen molar-refractivity contribution in [2.75, 3.05) is 26.2 Å². The molecule has 0 radical (unpaired) electrons. The van der Waals surface area contributed by atoms with E-state index in [4.69, 9.17) is 10.5 Å². The number of carbonyl (C=O) groups excluding carboxylic acids is 1. The van der Waals surface area contributed by atoms with Gasteiger partial charge in [0.1, 0.15) is 6.04 Å². The highest BCUT2D eigenvalue weighted by molar-refractivity contribution is 5.75. The molecule has 114 valence electrons. The number of ether oxygens (including phenoxy) is 1. The van der Waals surface area contributed by atoms with Crippen LogP contribution >= 0.6 is 0 Å². The van der Waals surface area contributed by atoms with Gasteiger partial charge in [-0.3, -0.25) is 4.79 Å². The molecule has 0 fully saturated rings. The van der Waals surface area contributed by atoms with Gasteiger partial charge in [-0.2, -0.15) is 0 Å². The molecule has 0 rings (SSSR count). The van der Waals surface area contributed by atoms with Crippen molar-refractivity contribution in [1.82, 2.24) is 4.90 Å². The fraction of sp³-hybridized carbons (Fsp3) is 0.933. The highest BCUT2D eigenvalue weighted by Crippen LogP contribution is 2.07. The van der Waals surface area contributed by atoms with Crippen LogP contribution in [0.1, 0.15) is 47.5 Å². The predicted molar refractivity (Wildman–Crippen MR) is 80.0 cm³/mol. The number of carbonyl (C=O) groups is 1. The molecular formula is C15H32N2O2. The number of nitrogens with zero attached hydrogens (tertiary/aromatic N) is 1. The van der Waals surface area contributed by atoms with E-state index < -0.39 is 6.04 Å². The minimum atomic E-state index is -0.528. The number of hydrogen-bond donors (Lipinski definition) is 1. The minimum Gasteiger partial charge on any atom is -0.465 e. The molecule has 0 aliphatic carbocycles. The second-order valence-corrected chi connectivity index (χ2v) is 6.02. The topological polar surface area (TPSA) is 55.6 Å². The van der Waals surface area contributed by atoms with Crippen molar-refractivity contribution < 1.29 is 9.53 Å². The van der Waals surface area contributed by atoms with Crippen LogP contribution in [-0.4, -0.2) is 43.2 Å². The Morgan fingerprint density at radius 3 is 1.95 bits per heavy atom. The van der Waals surface area contributed by atoms with Gasteiger partial charge in [-0.1, -0.05) is 27.7 Å². The third kappa shape index (κ3) is 9.91. The van der Waals surface area contributed by atoms with Gasteiger partial charge < -0.3 is 15.4 Å². The zero-order valence-electron chi connectivity index (χ0n) is 13.3. The van der Waals surface area contributed by atoms with Gasteiger partial charge in [-0.25, -0.2) is 0 Å². The summed E-state index contributed by atoms with van der Waals surface area (Å²) in [5.74, 6) is 1.04. The van der Waals surface area contributed by atoms with E-state index in [2.05, 4.69) is 32.6 Å². The summed E-state index contributed by atoms with van der Waals surface area (Å²) in [4.78, 5) is 13.9. The van der Waals surface area contributed by atoms with E-state index in [0.717, 1.165) is 25.9 Å². The Kier molecular flexibility index (Phi) is 9.88. The summed E-state index contributed by atoms with van der Waals surface area (Å²) in [7, 11) is 0. The SMILES string of the molecule is CCOC(=O)C(N)CN(CCC(C)C)CCC(C)C. The summed E-state index contributed by atoms with van der Waals surface area (Å²) >= 11 is 0. The van der Waals surface area contributed by atoms with Crippen LogP contribution in [-0.2, 0) is 9.53 Å². The van der Waals surface area contributed by atoms with Crippen molar-refractivity contribution in [3.8, 4) is 0 Å². The average molecular weight is 272 g/mol. The van der Waals surface area contributed by atoms with Crippen LogP contribution in [0, 0.1) is 11.8 Å². The van der Waals surface area contributed by atoms with Gasteiger partial charge in [0.25, 0.3) is 0 Å². The molecule has 4 heteroatoms. The van der Waals surface area contributed by atoms with Crippen LogP contribution in [0.15, 0.2) is 0 Å². The van der Waals surface area contributed by atoms with Gasteiger partial charge in [-0.15, -0.1) is 0 Å². The van der Waals surface area contributed by atoms with E-state index in [1.807, 2.05) is 0 Å². The smallest absolute Gasteiger partial charge is 0.324 e. The lowest BCUT2D eigenvalue weighted by atomic mass is 10.1. The zero-order chi connectivity index (χ0) is 14.8. The Hall–Kier alpha value is -0.610. The molecule has 0 aromatic carbocycles. The van der Waals surface area contributed by atoms with Gasteiger partial charge in [0.05, 0.1) is 6.61 Å². The van der Waals surface area contributed by atoms with Crippen molar-refractivity contribution in [2.45, 2.75) is 53.5 Å². The minimum absolute atomic E-state index is 0.290. The van der Waals surface area contributed by atoms with Crippen molar-refractivity contribution in [3.05, 3.63) is 0 Å². The van der Waals surface area contributed by atoms with Crippen molar-refractivity contribution >= 4 is 5.97 Å². The fourth-order valence-corrected chi connectivity index (χ4v) is 1.78. The molecule has 4 nitrogen and oxygen atoms in total. The van der Waals surface area contributed by atoms with Crippen LogP contribution in [0.4, 0.5) is 0 Å². The highest BCUT2D eigenvalue weighted by atomic mass is 16.5. The first-order valence-electron chi connectivity index (χ1n) is 7.51. The second kappa shape index (κ2) is 10.2. The standard InChI is InChI=1S/C15H32N2O2/c1-6-19-15(18)14(16)11-17(9-7-12(2)3)10-8-13(4)5/h12-14H,6-11,16H2,1-5H3. The molecule has 0 amide bonds. The summed E-state index contributed by atoms with van der Waals surface area (Å²) in [6.07, 6.45) is 2.27. The fourth-order valence-electron chi connectivity index (χ4n) is 1.78. The quantitative estimate of drug-likeness (QED) is 0.620. The third-order valence-electron chi connectivity index (χ3n) is 3.09. The molecule has 1 unspecified atom stereocenters. The molecule has 0 heterocycles. The molecule has 0 aromatic heterocycles. The molecule has 0 spiro atoms. The van der Waals surface area contributed by atoms with Crippen LogP contribution in [0.3, 0.4) is 0 Å².